The van der Waals surface area contributed by atoms with Gasteiger partial charge in [0.1, 0.15) is 0 Å². The Morgan fingerprint density at radius 2 is 1.70 bits per heavy atom. The van der Waals surface area contributed by atoms with Crippen molar-refractivity contribution in [3.8, 4) is 0 Å². The minimum Gasteiger partial charge on any atom is -0.369 e. The number of hydrogen-bond donors (Lipinski definition) is 1. The van der Waals surface area contributed by atoms with Crippen molar-refractivity contribution in [2.75, 3.05) is 51.7 Å². The van der Waals surface area contributed by atoms with Crippen LogP contribution in [-0.2, 0) is 10.0 Å². The number of benzene rings is 2. The maximum atomic E-state index is 13.3. The fourth-order valence-electron chi connectivity index (χ4n) is 4.12. The van der Waals surface area contributed by atoms with Crippen LogP contribution in [0.2, 0.25) is 5.02 Å². The third-order valence-electron chi connectivity index (χ3n) is 6.08. The summed E-state index contributed by atoms with van der Waals surface area (Å²) in [6.07, 6.45) is 0. The molecule has 1 saturated heterocycles. The number of nitrogens with zero attached hydrogens (tertiary/aromatic N) is 3. The van der Waals surface area contributed by atoms with Gasteiger partial charge in [0.25, 0.3) is 5.91 Å². The van der Waals surface area contributed by atoms with Crippen LogP contribution in [0.1, 0.15) is 24.2 Å². The third kappa shape index (κ3) is 6.06. The Morgan fingerprint density at radius 1 is 1.06 bits per heavy atom. The lowest BCUT2D eigenvalue weighted by atomic mass is 10.0. The Labute approximate surface area is 202 Å². The van der Waals surface area contributed by atoms with Gasteiger partial charge in [-0.15, -0.1) is 0 Å². The SMILES string of the molecule is CC(C)C(CNC(=O)c1cc(S(=O)(=O)N2CCN(c3ccccc3)CC2)ccc1Cl)N(C)C. The number of piperazine rings is 1. The number of anilines is 1. The number of halogens is 1. The van der Waals surface area contributed by atoms with E-state index in [-0.39, 0.29) is 27.4 Å². The first-order valence-corrected chi connectivity index (χ1v) is 13.0. The zero-order valence-electron chi connectivity index (χ0n) is 19.7. The van der Waals surface area contributed by atoms with Crippen molar-refractivity contribution in [1.82, 2.24) is 14.5 Å². The fourth-order valence-corrected chi connectivity index (χ4v) is 5.77. The van der Waals surface area contributed by atoms with E-state index in [1.807, 2.05) is 44.4 Å². The number of likely N-dealkylation sites (N-methyl/N-ethyl adjacent to an activating group) is 1. The van der Waals surface area contributed by atoms with E-state index in [1.54, 1.807) is 0 Å². The molecule has 1 heterocycles. The smallest absolute Gasteiger partial charge is 0.252 e. The van der Waals surface area contributed by atoms with E-state index in [0.717, 1.165) is 5.69 Å². The van der Waals surface area contributed by atoms with E-state index in [1.165, 1.54) is 22.5 Å². The number of rotatable bonds is 8. The highest BCUT2D eigenvalue weighted by Crippen LogP contribution is 2.25. The van der Waals surface area contributed by atoms with Crippen molar-refractivity contribution >= 4 is 33.2 Å². The average molecular weight is 493 g/mol. The molecule has 3 rings (SSSR count). The van der Waals surface area contributed by atoms with Crippen LogP contribution < -0.4 is 10.2 Å². The van der Waals surface area contributed by atoms with Gasteiger partial charge < -0.3 is 15.1 Å². The summed E-state index contributed by atoms with van der Waals surface area (Å²) in [6.45, 7) is 6.58. The van der Waals surface area contributed by atoms with Crippen molar-refractivity contribution in [3.63, 3.8) is 0 Å². The number of para-hydroxylation sites is 1. The number of amides is 1. The van der Waals surface area contributed by atoms with Crippen LogP contribution in [0.4, 0.5) is 5.69 Å². The first-order chi connectivity index (χ1) is 15.6. The van der Waals surface area contributed by atoms with Crippen molar-refractivity contribution in [3.05, 3.63) is 59.1 Å². The standard InChI is InChI=1S/C24H33ClN4O3S/c1-18(2)23(27(3)4)17-26-24(30)21-16-20(10-11-22(21)25)33(31,32)29-14-12-28(13-15-29)19-8-6-5-7-9-19/h5-11,16,18,23H,12-15,17H2,1-4H3,(H,26,30). The number of nitrogens with one attached hydrogen (secondary N) is 1. The van der Waals surface area contributed by atoms with Crippen LogP contribution >= 0.6 is 11.6 Å². The molecule has 7 nitrogen and oxygen atoms in total. The second-order valence-electron chi connectivity index (χ2n) is 8.85. The number of sulfonamides is 1. The predicted molar refractivity (Wildman–Crippen MR) is 134 cm³/mol. The van der Waals surface area contributed by atoms with E-state index >= 15 is 0 Å². The largest absolute Gasteiger partial charge is 0.369 e. The minimum absolute atomic E-state index is 0.0817. The Balaban J connectivity index is 1.72. The van der Waals surface area contributed by atoms with Crippen molar-refractivity contribution in [2.24, 2.45) is 5.92 Å². The molecule has 0 aliphatic carbocycles. The predicted octanol–water partition coefficient (Wildman–Crippen LogP) is 3.17. The molecular weight excluding hydrogens is 460 g/mol. The van der Waals surface area contributed by atoms with E-state index in [9.17, 15) is 13.2 Å². The summed E-state index contributed by atoms with van der Waals surface area (Å²) in [4.78, 5) is 17.2. The van der Waals surface area contributed by atoms with Crippen LogP contribution in [0.3, 0.4) is 0 Å². The number of hydrogen-bond acceptors (Lipinski definition) is 5. The molecule has 180 valence electrons. The van der Waals surface area contributed by atoms with Crippen LogP contribution in [0.5, 0.6) is 0 Å². The number of carbonyl (C=O) groups is 1. The highest BCUT2D eigenvalue weighted by molar-refractivity contribution is 7.89. The van der Waals surface area contributed by atoms with Crippen LogP contribution in [0, 0.1) is 5.92 Å². The van der Waals surface area contributed by atoms with E-state index in [0.29, 0.717) is 38.6 Å². The topological polar surface area (TPSA) is 73.0 Å². The van der Waals surface area contributed by atoms with Crippen LogP contribution in [0.25, 0.3) is 0 Å². The molecule has 33 heavy (non-hydrogen) atoms. The lowest BCUT2D eigenvalue weighted by molar-refractivity contribution is 0.0934. The third-order valence-corrected chi connectivity index (χ3v) is 8.31. The van der Waals surface area contributed by atoms with Gasteiger partial charge in [0.05, 0.1) is 15.5 Å². The molecule has 1 fully saturated rings. The first-order valence-electron chi connectivity index (χ1n) is 11.2. The monoisotopic (exact) mass is 492 g/mol. The zero-order chi connectivity index (χ0) is 24.2. The van der Waals surface area contributed by atoms with Gasteiger partial charge in [-0.25, -0.2) is 8.42 Å². The summed E-state index contributed by atoms with van der Waals surface area (Å²) >= 11 is 6.27. The molecule has 1 aliphatic rings. The fraction of sp³-hybridized carbons (Fsp3) is 0.458. The molecule has 1 N–H and O–H groups in total. The molecule has 0 saturated carbocycles. The van der Waals surface area contributed by atoms with Gasteiger partial charge >= 0.3 is 0 Å². The maximum absolute atomic E-state index is 13.3. The highest BCUT2D eigenvalue weighted by atomic mass is 35.5. The molecule has 1 atom stereocenters. The Hall–Kier alpha value is -2.13. The van der Waals surface area contributed by atoms with Crippen LogP contribution in [-0.4, -0.2) is 76.4 Å². The Morgan fingerprint density at radius 3 is 2.27 bits per heavy atom. The quantitative estimate of drug-likeness (QED) is 0.612. The lowest BCUT2D eigenvalue weighted by Gasteiger charge is -2.35. The summed E-state index contributed by atoms with van der Waals surface area (Å²) in [7, 11) is 0.195. The van der Waals surface area contributed by atoms with Gasteiger partial charge in [-0.2, -0.15) is 4.31 Å². The van der Waals surface area contributed by atoms with Crippen molar-refractivity contribution < 1.29 is 13.2 Å². The first kappa shape index (κ1) is 25.5. The molecule has 2 aromatic carbocycles. The second kappa shape index (κ2) is 10.9. The summed E-state index contributed by atoms with van der Waals surface area (Å²) in [5.74, 6) is -0.0320. The highest BCUT2D eigenvalue weighted by Gasteiger charge is 2.30. The van der Waals surface area contributed by atoms with E-state index < -0.39 is 10.0 Å². The molecule has 9 heteroatoms. The zero-order valence-corrected chi connectivity index (χ0v) is 21.2. The summed E-state index contributed by atoms with van der Waals surface area (Å²) in [5.41, 5.74) is 1.25. The lowest BCUT2D eigenvalue weighted by Crippen LogP contribution is -2.48. The van der Waals surface area contributed by atoms with Gasteiger partial charge in [-0.3, -0.25) is 4.79 Å². The second-order valence-corrected chi connectivity index (χ2v) is 11.2. The molecule has 2 aromatic rings. The van der Waals surface area contributed by atoms with Crippen molar-refractivity contribution in [2.45, 2.75) is 24.8 Å². The molecular formula is C24H33ClN4O3S. The summed E-state index contributed by atoms with van der Waals surface area (Å²) < 4.78 is 28.0. The van der Waals surface area contributed by atoms with Gasteiger partial charge in [0.15, 0.2) is 0 Å². The minimum atomic E-state index is -3.74. The molecule has 0 spiro atoms. The number of carbonyl (C=O) groups excluding carboxylic acids is 1. The molecule has 1 amide bonds. The van der Waals surface area contributed by atoms with Crippen molar-refractivity contribution in [1.29, 1.82) is 0 Å². The Bertz CT molecular complexity index is 1040. The summed E-state index contributed by atoms with van der Waals surface area (Å²) in [6, 6.07) is 14.4. The van der Waals surface area contributed by atoms with Gasteiger partial charge in [-0.1, -0.05) is 43.6 Å². The molecule has 1 unspecified atom stereocenters. The molecule has 0 radical (unpaired) electrons. The van der Waals surface area contributed by atoms with E-state index in [2.05, 4.69) is 29.0 Å². The molecule has 0 aromatic heterocycles. The summed E-state index contributed by atoms with van der Waals surface area (Å²) in [5, 5.41) is 3.13. The van der Waals surface area contributed by atoms with Gasteiger partial charge in [0, 0.05) is 44.5 Å². The molecule has 0 bridgehead atoms. The Kier molecular flexibility index (Phi) is 8.39. The van der Waals surface area contributed by atoms with Crippen LogP contribution in [0.15, 0.2) is 53.4 Å². The normalized spacial score (nSPS) is 16.3. The average Bonchev–Trinajstić information content (AvgIpc) is 2.79. The van der Waals surface area contributed by atoms with Gasteiger partial charge in [-0.05, 0) is 50.3 Å². The maximum Gasteiger partial charge on any atom is 0.252 e. The van der Waals surface area contributed by atoms with Gasteiger partial charge in [0.2, 0.25) is 10.0 Å². The molecule has 1 aliphatic heterocycles. The van der Waals surface area contributed by atoms with E-state index in [4.69, 9.17) is 11.6 Å².